The maximum atomic E-state index is 15.3. The first-order valence-electron chi connectivity index (χ1n) is 14.6. The van der Waals surface area contributed by atoms with Crippen LogP contribution in [0.2, 0.25) is 0 Å². The molecule has 0 saturated carbocycles. The zero-order chi connectivity index (χ0) is 28.3. The molecular weight excluding hydrogens is 519 g/mol. The minimum absolute atomic E-state index is 0.0243. The van der Waals surface area contributed by atoms with Gasteiger partial charge in [0, 0.05) is 36.5 Å². The van der Waals surface area contributed by atoms with Gasteiger partial charge >= 0.3 is 5.97 Å². The van der Waals surface area contributed by atoms with Gasteiger partial charge in [-0.15, -0.1) is 0 Å². The zero-order valence-corrected chi connectivity index (χ0v) is 23.2. The van der Waals surface area contributed by atoms with Crippen molar-refractivity contribution in [2.75, 3.05) is 38.2 Å². The van der Waals surface area contributed by atoms with Gasteiger partial charge in [0.2, 0.25) is 0 Å². The summed E-state index contributed by atoms with van der Waals surface area (Å²) in [6, 6.07) is 7.17. The highest BCUT2D eigenvalue weighted by Gasteiger charge is 2.45. The summed E-state index contributed by atoms with van der Waals surface area (Å²) < 4.78 is 50.2. The van der Waals surface area contributed by atoms with E-state index >= 15 is 8.78 Å². The Balaban J connectivity index is 1.18. The maximum absolute atomic E-state index is 15.3. The van der Waals surface area contributed by atoms with Crippen LogP contribution in [0.1, 0.15) is 73.9 Å². The number of ether oxygens (including phenoxy) is 1. The van der Waals surface area contributed by atoms with Gasteiger partial charge in [0.05, 0.1) is 13.2 Å². The summed E-state index contributed by atoms with van der Waals surface area (Å²) >= 11 is 0. The largest absolute Gasteiger partial charge is 0.480 e. The number of hydrogen-bond donors (Lipinski definition) is 2. The highest BCUT2D eigenvalue weighted by Crippen LogP contribution is 2.40. The highest BCUT2D eigenvalue weighted by atomic mass is 19.3. The van der Waals surface area contributed by atoms with E-state index in [1.54, 1.807) is 11.0 Å². The molecule has 6 nitrogen and oxygen atoms in total. The highest BCUT2D eigenvalue weighted by molar-refractivity contribution is 5.76. The Morgan fingerprint density at radius 3 is 2.83 bits per heavy atom. The molecule has 4 heterocycles. The number of anilines is 1. The first-order valence-corrected chi connectivity index (χ1v) is 14.6. The molecule has 2 saturated heterocycles. The summed E-state index contributed by atoms with van der Waals surface area (Å²) in [5.74, 6) is -4.56. The van der Waals surface area contributed by atoms with E-state index in [1.807, 2.05) is 6.07 Å². The van der Waals surface area contributed by atoms with Gasteiger partial charge in [-0.3, -0.25) is 9.69 Å². The number of pyridine rings is 1. The third-order valence-corrected chi connectivity index (χ3v) is 8.86. The predicted molar refractivity (Wildman–Crippen MR) is 147 cm³/mol. The zero-order valence-electron chi connectivity index (χ0n) is 23.2. The second-order valence-corrected chi connectivity index (χ2v) is 12.2. The van der Waals surface area contributed by atoms with Crippen molar-refractivity contribution in [3.8, 4) is 0 Å². The van der Waals surface area contributed by atoms with Gasteiger partial charge in [0.1, 0.15) is 17.7 Å². The van der Waals surface area contributed by atoms with E-state index in [4.69, 9.17) is 4.74 Å². The number of nitrogens with zero attached hydrogens (tertiary/aromatic N) is 2. The van der Waals surface area contributed by atoms with Crippen LogP contribution in [0.15, 0.2) is 30.3 Å². The first-order chi connectivity index (χ1) is 19.1. The average Bonchev–Trinajstić information content (AvgIpc) is 3.40. The molecular formula is C31H40F3N3O3. The molecule has 9 heteroatoms. The first kappa shape index (κ1) is 28.9. The van der Waals surface area contributed by atoms with E-state index in [9.17, 15) is 14.3 Å². The van der Waals surface area contributed by atoms with Crippen LogP contribution in [0.5, 0.6) is 0 Å². The van der Waals surface area contributed by atoms with Crippen LogP contribution in [0.3, 0.4) is 0 Å². The molecule has 3 aliphatic rings. The number of aryl methyl sites for hydroxylation is 3. The van der Waals surface area contributed by atoms with E-state index in [0.717, 1.165) is 42.9 Å². The van der Waals surface area contributed by atoms with Crippen molar-refractivity contribution < 1.29 is 27.8 Å². The summed E-state index contributed by atoms with van der Waals surface area (Å²) in [5.41, 5.74) is 3.27. The van der Waals surface area contributed by atoms with Crippen LogP contribution in [0.25, 0.3) is 0 Å². The van der Waals surface area contributed by atoms with E-state index in [0.29, 0.717) is 44.5 Å². The van der Waals surface area contributed by atoms with Crippen molar-refractivity contribution >= 4 is 11.8 Å². The van der Waals surface area contributed by atoms with Gasteiger partial charge in [0.25, 0.3) is 5.92 Å². The monoisotopic (exact) mass is 559 g/mol. The van der Waals surface area contributed by atoms with E-state index in [2.05, 4.69) is 23.3 Å². The minimum atomic E-state index is -2.90. The number of aromatic nitrogens is 1. The number of aliphatic carboxylic acids is 1. The second-order valence-electron chi connectivity index (χ2n) is 12.2. The van der Waals surface area contributed by atoms with Gasteiger partial charge in [0.15, 0.2) is 0 Å². The molecule has 0 spiro atoms. The van der Waals surface area contributed by atoms with Crippen molar-refractivity contribution in [2.24, 2.45) is 11.3 Å². The van der Waals surface area contributed by atoms with Gasteiger partial charge < -0.3 is 15.2 Å². The number of hydrogen-bond acceptors (Lipinski definition) is 5. The number of carboxylic acid groups (broad SMARTS) is 1. The number of carboxylic acids is 1. The van der Waals surface area contributed by atoms with E-state index in [1.165, 1.54) is 17.7 Å². The number of likely N-dealkylation sites (tertiary alicyclic amines) is 1. The lowest BCUT2D eigenvalue weighted by Crippen LogP contribution is -2.40. The lowest BCUT2D eigenvalue weighted by Gasteiger charge is -2.38. The van der Waals surface area contributed by atoms with Crippen molar-refractivity contribution in [3.05, 3.63) is 58.5 Å². The molecule has 218 valence electrons. The smallest absolute Gasteiger partial charge is 0.325 e. The van der Waals surface area contributed by atoms with Crippen molar-refractivity contribution in [2.45, 2.75) is 76.7 Å². The number of benzene rings is 1. The van der Waals surface area contributed by atoms with Crippen LogP contribution in [0.4, 0.5) is 19.0 Å². The van der Waals surface area contributed by atoms with Crippen molar-refractivity contribution in [1.29, 1.82) is 0 Å². The SMILES string of the molecule is CC1(CCc2ccc(F)cc2[C@@H](C(=O)O)N2CC[C@@H](C(F)(F)CCCCc3ccc4c(n3)NCCC4)C2)COC1. The third-order valence-electron chi connectivity index (χ3n) is 8.86. The average molecular weight is 560 g/mol. The number of rotatable bonds is 12. The minimum Gasteiger partial charge on any atom is -0.480 e. The standard InChI is InChI=1S/C31H40F3N3O3/c1-30(19-40-20-30)14-11-21-7-9-24(32)17-26(21)27(29(38)39)37-16-12-23(18-37)31(33,34)13-3-2-6-25-10-8-22-5-4-15-35-28(22)36-25/h7-10,17,23,27H,2-6,11-16,18-20H2,1H3,(H,35,36)(H,38,39)/t23-,27+/m1/s1. The Bertz CT molecular complexity index is 1200. The summed E-state index contributed by atoms with van der Waals surface area (Å²) in [7, 11) is 0. The van der Waals surface area contributed by atoms with Crippen LogP contribution >= 0.6 is 0 Å². The molecule has 0 bridgehead atoms. The summed E-state index contributed by atoms with van der Waals surface area (Å²) in [5, 5.41) is 13.5. The molecule has 0 unspecified atom stereocenters. The van der Waals surface area contributed by atoms with Gasteiger partial charge in [-0.25, -0.2) is 18.2 Å². The van der Waals surface area contributed by atoms with Gasteiger partial charge in [-0.1, -0.05) is 19.1 Å². The maximum Gasteiger partial charge on any atom is 0.325 e. The second kappa shape index (κ2) is 12.1. The lowest BCUT2D eigenvalue weighted by atomic mass is 9.81. The number of halogens is 3. The Kier molecular flexibility index (Phi) is 8.71. The van der Waals surface area contributed by atoms with Gasteiger partial charge in [-0.2, -0.15) is 0 Å². The summed E-state index contributed by atoms with van der Waals surface area (Å²) in [6.07, 6.45) is 5.09. The predicted octanol–water partition coefficient (Wildman–Crippen LogP) is 6.04. The fourth-order valence-electron chi connectivity index (χ4n) is 6.31. The number of carbonyl (C=O) groups is 1. The van der Waals surface area contributed by atoms with Crippen LogP contribution in [-0.2, 0) is 28.8 Å². The van der Waals surface area contributed by atoms with Crippen LogP contribution in [-0.4, -0.2) is 59.7 Å². The third kappa shape index (κ3) is 6.62. The van der Waals surface area contributed by atoms with Crippen molar-refractivity contribution in [1.82, 2.24) is 9.88 Å². The lowest BCUT2D eigenvalue weighted by molar-refractivity contribution is -0.143. The molecule has 3 aliphatic heterocycles. The molecule has 1 aromatic heterocycles. The van der Waals surface area contributed by atoms with Crippen LogP contribution < -0.4 is 5.32 Å². The molecule has 1 aromatic carbocycles. The molecule has 0 amide bonds. The fraction of sp³-hybridized carbons (Fsp3) is 0.613. The summed E-state index contributed by atoms with van der Waals surface area (Å²) in [6.45, 7) is 4.54. The summed E-state index contributed by atoms with van der Waals surface area (Å²) in [4.78, 5) is 18.7. The Morgan fingerprint density at radius 2 is 2.08 bits per heavy atom. The number of alkyl halides is 2. The molecule has 2 fully saturated rings. The number of nitrogens with one attached hydrogen (secondary N) is 1. The van der Waals surface area contributed by atoms with E-state index in [-0.39, 0.29) is 31.3 Å². The molecule has 0 aliphatic carbocycles. The molecule has 5 rings (SSSR count). The molecule has 40 heavy (non-hydrogen) atoms. The Morgan fingerprint density at radius 1 is 1.25 bits per heavy atom. The van der Waals surface area contributed by atoms with Crippen molar-refractivity contribution in [3.63, 3.8) is 0 Å². The molecule has 2 N–H and O–H groups in total. The van der Waals surface area contributed by atoms with E-state index < -0.39 is 29.7 Å². The Hall–Kier alpha value is -2.65. The molecule has 2 aromatic rings. The number of unbranched alkanes of at least 4 members (excludes halogenated alkanes) is 1. The molecule has 0 radical (unpaired) electrons. The molecule has 2 atom stereocenters. The van der Waals surface area contributed by atoms with Gasteiger partial charge in [-0.05, 0) is 92.8 Å². The number of fused-ring (bicyclic) bond motifs is 1. The normalized spacial score (nSPS) is 21.4. The Labute approximate surface area is 234 Å². The van der Waals surface area contributed by atoms with Crippen LogP contribution in [0, 0.1) is 17.2 Å². The fourth-order valence-corrected chi connectivity index (χ4v) is 6.31. The topological polar surface area (TPSA) is 74.7 Å². The quantitative estimate of drug-likeness (QED) is 0.309.